The minimum absolute atomic E-state index is 0.226. The van der Waals surface area contributed by atoms with Gasteiger partial charge < -0.3 is 9.80 Å². The molecule has 0 bridgehead atoms. The van der Waals surface area contributed by atoms with Crippen LogP contribution in [0, 0.1) is 0 Å². The van der Waals surface area contributed by atoms with Gasteiger partial charge in [-0.1, -0.05) is 184 Å². The molecule has 9 aromatic carbocycles. The number of para-hydroxylation sites is 3. The van der Waals surface area contributed by atoms with E-state index in [4.69, 9.17) is 0 Å². The second-order valence-corrected chi connectivity index (χ2v) is 15.4. The van der Waals surface area contributed by atoms with E-state index in [1.165, 1.54) is 72.3 Å². The van der Waals surface area contributed by atoms with E-state index in [0.717, 1.165) is 17.1 Å². The van der Waals surface area contributed by atoms with Crippen molar-refractivity contribution in [3.63, 3.8) is 0 Å². The summed E-state index contributed by atoms with van der Waals surface area (Å²) in [5.74, 6) is 0. The lowest BCUT2D eigenvalue weighted by Crippen LogP contribution is -2.31. The van der Waals surface area contributed by atoms with Crippen molar-refractivity contribution in [3.8, 4) is 33.4 Å². The number of nitrogens with zero attached hydrogens (tertiary/aromatic N) is 2. The first-order valence-corrected chi connectivity index (χ1v) is 19.8. The Labute approximate surface area is 335 Å². The minimum Gasteiger partial charge on any atom is -0.311 e. The van der Waals surface area contributed by atoms with Crippen LogP contribution < -0.4 is 9.80 Å². The lowest BCUT2D eigenvalue weighted by Gasteiger charge is -2.44. The zero-order valence-electron chi connectivity index (χ0n) is 32.2. The van der Waals surface area contributed by atoms with Gasteiger partial charge >= 0.3 is 0 Å². The van der Waals surface area contributed by atoms with Gasteiger partial charge in [-0.3, -0.25) is 0 Å². The summed E-state index contributed by atoms with van der Waals surface area (Å²) in [6.45, 7) is 4.76. The van der Waals surface area contributed by atoms with E-state index in [2.05, 4.69) is 242 Å². The maximum atomic E-state index is 2.54. The van der Waals surface area contributed by atoms with E-state index in [1.54, 1.807) is 0 Å². The van der Waals surface area contributed by atoms with Crippen LogP contribution in [0.1, 0.15) is 25.0 Å². The van der Waals surface area contributed by atoms with E-state index < -0.39 is 0 Å². The van der Waals surface area contributed by atoms with E-state index in [9.17, 15) is 0 Å². The molecule has 9 aromatic rings. The zero-order valence-corrected chi connectivity index (χ0v) is 32.2. The molecule has 1 heterocycles. The van der Waals surface area contributed by atoms with Crippen LogP contribution in [0.2, 0.25) is 0 Å². The number of anilines is 6. The van der Waals surface area contributed by atoms with Gasteiger partial charge in [-0.2, -0.15) is 0 Å². The first-order chi connectivity index (χ1) is 28.1. The van der Waals surface area contributed by atoms with Gasteiger partial charge in [-0.05, 0) is 92.9 Å². The lowest BCUT2D eigenvalue weighted by molar-refractivity contribution is 0.634. The first-order valence-electron chi connectivity index (χ1n) is 19.8. The Morgan fingerprint density at radius 1 is 0.368 bits per heavy atom. The Hall–Kier alpha value is -7.16. The van der Waals surface area contributed by atoms with Gasteiger partial charge in [0.05, 0.1) is 17.1 Å². The minimum atomic E-state index is -0.226. The third-order valence-corrected chi connectivity index (χ3v) is 11.6. The smallest absolute Gasteiger partial charge is 0.0618 e. The maximum Gasteiger partial charge on any atom is 0.0618 e. The molecule has 0 amide bonds. The Balaban J connectivity index is 1.09. The van der Waals surface area contributed by atoms with E-state index in [-0.39, 0.29) is 5.41 Å². The maximum absolute atomic E-state index is 2.54. The Morgan fingerprint density at radius 2 is 0.877 bits per heavy atom. The van der Waals surface area contributed by atoms with Crippen molar-refractivity contribution in [2.75, 3.05) is 9.80 Å². The summed E-state index contributed by atoms with van der Waals surface area (Å²) >= 11 is 0. The summed E-state index contributed by atoms with van der Waals surface area (Å²) in [4.78, 5) is 4.84. The molecule has 0 aliphatic carbocycles. The Morgan fingerprint density at radius 3 is 1.56 bits per heavy atom. The predicted molar refractivity (Wildman–Crippen MR) is 242 cm³/mol. The van der Waals surface area contributed by atoms with Crippen LogP contribution in [0.4, 0.5) is 34.1 Å². The van der Waals surface area contributed by atoms with Crippen molar-refractivity contribution < 1.29 is 0 Å². The van der Waals surface area contributed by atoms with Crippen LogP contribution in [0.3, 0.4) is 0 Å². The lowest BCUT2D eigenvalue weighted by atomic mass is 9.70. The van der Waals surface area contributed by atoms with Crippen LogP contribution >= 0.6 is 0 Å². The molecule has 2 nitrogen and oxygen atoms in total. The van der Waals surface area contributed by atoms with Crippen LogP contribution in [0.25, 0.3) is 44.2 Å². The molecule has 0 spiro atoms. The molecule has 10 rings (SSSR count). The van der Waals surface area contributed by atoms with Gasteiger partial charge in [0.25, 0.3) is 0 Å². The molecule has 0 aromatic heterocycles. The van der Waals surface area contributed by atoms with Gasteiger partial charge in [0.15, 0.2) is 0 Å². The van der Waals surface area contributed by atoms with Crippen molar-refractivity contribution >= 4 is 44.9 Å². The number of benzene rings is 9. The average molecular weight is 731 g/mol. The van der Waals surface area contributed by atoms with Gasteiger partial charge in [-0.25, -0.2) is 0 Å². The molecule has 0 atom stereocenters. The second-order valence-electron chi connectivity index (χ2n) is 15.4. The molecule has 0 fully saturated rings. The molecule has 1 aliphatic heterocycles. The normalized spacial score (nSPS) is 12.8. The molecule has 272 valence electrons. The number of rotatable bonds is 7. The highest BCUT2D eigenvalue weighted by Crippen LogP contribution is 2.57. The van der Waals surface area contributed by atoms with Crippen LogP contribution in [-0.2, 0) is 5.41 Å². The largest absolute Gasteiger partial charge is 0.311 e. The van der Waals surface area contributed by atoms with Crippen molar-refractivity contribution in [2.24, 2.45) is 0 Å². The van der Waals surface area contributed by atoms with Crippen LogP contribution in [0.5, 0.6) is 0 Å². The molecule has 0 N–H and O–H groups in total. The second kappa shape index (κ2) is 14.2. The fourth-order valence-electron chi connectivity index (χ4n) is 8.92. The van der Waals surface area contributed by atoms with Crippen molar-refractivity contribution in [1.82, 2.24) is 0 Å². The summed E-state index contributed by atoms with van der Waals surface area (Å²) in [7, 11) is 0. The molecule has 2 heteroatoms. The summed E-state index contributed by atoms with van der Waals surface area (Å²) < 4.78 is 0. The summed E-state index contributed by atoms with van der Waals surface area (Å²) in [6.07, 6.45) is 0. The van der Waals surface area contributed by atoms with Crippen molar-refractivity contribution in [2.45, 2.75) is 19.3 Å². The first kappa shape index (κ1) is 34.3. The average Bonchev–Trinajstić information content (AvgIpc) is 3.28. The Bertz CT molecular complexity index is 2800. The zero-order chi connectivity index (χ0) is 38.3. The number of fused-ring (bicyclic) bond motifs is 3. The molecule has 0 saturated heterocycles. The summed E-state index contributed by atoms with van der Waals surface area (Å²) in [5.41, 5.74) is 16.7. The summed E-state index contributed by atoms with van der Waals surface area (Å²) in [6, 6.07) is 79.2. The summed E-state index contributed by atoms with van der Waals surface area (Å²) in [5, 5.41) is 2.44. The fraction of sp³-hybridized carbons (Fsp3) is 0.0545. The molecular weight excluding hydrogens is 689 g/mol. The number of hydrogen-bond acceptors (Lipinski definition) is 2. The quantitative estimate of drug-likeness (QED) is 0.161. The van der Waals surface area contributed by atoms with E-state index >= 15 is 0 Å². The highest BCUT2D eigenvalue weighted by Gasteiger charge is 2.39. The molecule has 0 saturated carbocycles. The molecule has 57 heavy (non-hydrogen) atoms. The third kappa shape index (κ3) is 5.98. The van der Waals surface area contributed by atoms with Gasteiger partial charge in [0.2, 0.25) is 0 Å². The van der Waals surface area contributed by atoms with Crippen LogP contribution in [-0.4, -0.2) is 0 Å². The highest BCUT2D eigenvalue weighted by atomic mass is 15.2. The van der Waals surface area contributed by atoms with Gasteiger partial charge in [0, 0.05) is 33.4 Å². The molecule has 0 unspecified atom stereocenters. The third-order valence-electron chi connectivity index (χ3n) is 11.6. The van der Waals surface area contributed by atoms with E-state index in [0.29, 0.717) is 0 Å². The fourth-order valence-corrected chi connectivity index (χ4v) is 8.92. The molecule has 1 aliphatic rings. The molecular formula is C55H42N2. The van der Waals surface area contributed by atoms with Crippen molar-refractivity contribution in [1.29, 1.82) is 0 Å². The predicted octanol–water partition coefficient (Wildman–Crippen LogP) is 15.4. The highest BCUT2D eigenvalue weighted by molar-refractivity contribution is 6.08. The SMILES string of the molecule is CC1(C)c2ccccc2N(c2c(-c3ccc(-c4ccc(N(c5ccccc5)c5ccccc5)cc4)cc3)ccc3ccccc23)c2cccc(-c3ccccc3)c21. The standard InChI is InChI=1S/C55H42N2/c1-55(2)50-26-14-15-27-51(50)57(52-28-16-25-47(53(52)55)41-17-6-3-7-18-41)54-48-24-13-12-19-42(48)35-38-49(54)43-31-29-39(30-32-43)40-33-36-46(37-34-40)56(44-20-8-4-9-21-44)45-22-10-5-11-23-45/h3-38H,1-2H3. The Kier molecular flexibility index (Phi) is 8.53. The van der Waals surface area contributed by atoms with Gasteiger partial charge in [-0.15, -0.1) is 0 Å². The number of hydrogen-bond donors (Lipinski definition) is 0. The van der Waals surface area contributed by atoms with Crippen LogP contribution in [0.15, 0.2) is 218 Å². The van der Waals surface area contributed by atoms with Gasteiger partial charge in [0.1, 0.15) is 0 Å². The molecule has 0 radical (unpaired) electrons. The van der Waals surface area contributed by atoms with Crippen molar-refractivity contribution in [3.05, 3.63) is 230 Å². The topological polar surface area (TPSA) is 6.48 Å². The van der Waals surface area contributed by atoms with E-state index in [1.807, 2.05) is 0 Å². The monoisotopic (exact) mass is 730 g/mol.